The summed E-state index contributed by atoms with van der Waals surface area (Å²) in [7, 11) is 1.61. The largest absolute Gasteiger partial charge is 0.497 e. The number of hydrogen-bond acceptors (Lipinski definition) is 4. The lowest BCUT2D eigenvalue weighted by molar-refractivity contribution is -0.132. The molecule has 3 amide bonds. The molecular weight excluding hydrogens is 516 g/mol. The van der Waals surface area contributed by atoms with Gasteiger partial charge in [-0.3, -0.25) is 14.4 Å². The van der Waals surface area contributed by atoms with Crippen LogP contribution in [-0.4, -0.2) is 59.9 Å². The lowest BCUT2D eigenvalue weighted by Crippen LogP contribution is -2.50. The molecule has 8 nitrogen and oxygen atoms in total. The highest BCUT2D eigenvalue weighted by molar-refractivity contribution is 6.00. The van der Waals surface area contributed by atoms with Crippen molar-refractivity contribution in [3.63, 3.8) is 0 Å². The molecule has 2 heterocycles. The zero-order valence-electron chi connectivity index (χ0n) is 23.5. The molecule has 2 N–H and O–H groups in total. The van der Waals surface area contributed by atoms with E-state index in [4.69, 9.17) is 4.74 Å². The van der Waals surface area contributed by atoms with Crippen LogP contribution in [0.3, 0.4) is 0 Å². The zero-order chi connectivity index (χ0) is 28.8. The highest BCUT2D eigenvalue weighted by Crippen LogP contribution is 2.25. The van der Waals surface area contributed by atoms with Gasteiger partial charge in [-0.15, -0.1) is 0 Å². The van der Waals surface area contributed by atoms with E-state index in [0.29, 0.717) is 38.0 Å². The number of anilines is 1. The molecule has 0 aliphatic carbocycles. The Bertz CT molecular complexity index is 1470. The minimum Gasteiger partial charge on any atom is -0.497 e. The van der Waals surface area contributed by atoms with Crippen LogP contribution in [0.5, 0.6) is 5.75 Å². The van der Waals surface area contributed by atoms with Crippen LogP contribution in [-0.2, 0) is 16.0 Å². The number of aromatic amines is 1. The van der Waals surface area contributed by atoms with Crippen molar-refractivity contribution in [1.82, 2.24) is 15.2 Å². The van der Waals surface area contributed by atoms with Crippen LogP contribution in [0.25, 0.3) is 10.9 Å². The zero-order valence-corrected chi connectivity index (χ0v) is 23.5. The first-order valence-electron chi connectivity index (χ1n) is 14.1. The van der Waals surface area contributed by atoms with Gasteiger partial charge in [0, 0.05) is 42.5 Å². The molecule has 5 rings (SSSR count). The maximum atomic E-state index is 14.0. The van der Waals surface area contributed by atoms with Crippen LogP contribution in [0, 0.1) is 0 Å². The van der Waals surface area contributed by atoms with Gasteiger partial charge in [0.1, 0.15) is 17.5 Å². The molecule has 0 saturated carbocycles. The second-order valence-corrected chi connectivity index (χ2v) is 10.4. The number of methoxy groups -OCH3 is 1. The van der Waals surface area contributed by atoms with Gasteiger partial charge in [0.25, 0.3) is 5.91 Å². The first kappa shape index (κ1) is 28.0. The highest BCUT2D eigenvalue weighted by atomic mass is 16.5. The number of ether oxygens (including phenoxy) is 1. The summed E-state index contributed by atoms with van der Waals surface area (Å²) in [4.78, 5) is 47.3. The van der Waals surface area contributed by atoms with Crippen molar-refractivity contribution >= 4 is 34.3 Å². The minimum atomic E-state index is -0.780. The number of para-hydroxylation sites is 2. The summed E-state index contributed by atoms with van der Waals surface area (Å²) in [5.74, 6) is 0.273. The van der Waals surface area contributed by atoms with Crippen molar-refractivity contribution in [2.24, 2.45) is 0 Å². The summed E-state index contributed by atoms with van der Waals surface area (Å²) in [5.41, 5.74) is 3.00. The lowest BCUT2D eigenvalue weighted by atomic mass is 10.0. The third kappa shape index (κ3) is 6.43. The predicted molar refractivity (Wildman–Crippen MR) is 160 cm³/mol. The third-order valence-electron chi connectivity index (χ3n) is 7.58. The van der Waals surface area contributed by atoms with E-state index in [2.05, 4.69) is 10.3 Å². The molecule has 1 fully saturated rings. The van der Waals surface area contributed by atoms with Crippen LogP contribution >= 0.6 is 0 Å². The number of amides is 3. The fourth-order valence-electron chi connectivity index (χ4n) is 5.48. The van der Waals surface area contributed by atoms with Gasteiger partial charge < -0.3 is 24.8 Å². The summed E-state index contributed by atoms with van der Waals surface area (Å²) < 4.78 is 5.28. The van der Waals surface area contributed by atoms with Crippen molar-refractivity contribution in [3.8, 4) is 5.75 Å². The third-order valence-corrected chi connectivity index (χ3v) is 7.58. The van der Waals surface area contributed by atoms with Crippen molar-refractivity contribution in [2.45, 2.75) is 44.7 Å². The van der Waals surface area contributed by atoms with E-state index in [1.807, 2.05) is 90.7 Å². The molecule has 0 radical (unpaired) electrons. The van der Waals surface area contributed by atoms with Gasteiger partial charge in [0.2, 0.25) is 11.8 Å². The van der Waals surface area contributed by atoms with Crippen LogP contribution in [0.4, 0.5) is 5.69 Å². The van der Waals surface area contributed by atoms with Gasteiger partial charge in [-0.05, 0) is 54.8 Å². The Morgan fingerprint density at radius 2 is 1.76 bits per heavy atom. The van der Waals surface area contributed by atoms with Crippen molar-refractivity contribution in [1.29, 1.82) is 0 Å². The van der Waals surface area contributed by atoms with Crippen LogP contribution in [0.1, 0.15) is 42.2 Å². The topological polar surface area (TPSA) is 94.7 Å². The van der Waals surface area contributed by atoms with Gasteiger partial charge >= 0.3 is 0 Å². The van der Waals surface area contributed by atoms with Crippen LogP contribution < -0.4 is 15.0 Å². The minimum absolute atomic E-state index is 0.0555. The molecule has 1 aliphatic heterocycles. The number of nitrogens with zero attached hydrogens (tertiary/aromatic N) is 2. The summed E-state index contributed by atoms with van der Waals surface area (Å²) in [6.45, 7) is 2.91. The SMILES string of the molecule is CCCC(=O)N(c1ccccc1)[C@@H]1CCN(C(=O)[C@@H](Cc2ccc(OC)cc2)NC(=O)c2cc3ccccc3[nH]2)C1. The monoisotopic (exact) mass is 552 g/mol. The van der Waals surface area contributed by atoms with Crippen molar-refractivity contribution < 1.29 is 19.1 Å². The molecule has 2 atom stereocenters. The Morgan fingerprint density at radius 1 is 1.02 bits per heavy atom. The van der Waals surface area contributed by atoms with E-state index in [9.17, 15) is 14.4 Å². The molecule has 0 spiro atoms. The summed E-state index contributed by atoms with van der Waals surface area (Å²) in [6.07, 6.45) is 2.19. The summed E-state index contributed by atoms with van der Waals surface area (Å²) >= 11 is 0. The molecule has 41 heavy (non-hydrogen) atoms. The first-order valence-corrected chi connectivity index (χ1v) is 14.1. The van der Waals surface area contributed by atoms with Crippen LogP contribution in [0.15, 0.2) is 84.9 Å². The molecule has 212 valence electrons. The number of aromatic nitrogens is 1. The molecule has 3 aromatic carbocycles. The van der Waals surface area contributed by atoms with Gasteiger partial charge in [0.05, 0.1) is 13.2 Å². The van der Waals surface area contributed by atoms with E-state index in [0.717, 1.165) is 34.3 Å². The summed E-state index contributed by atoms with van der Waals surface area (Å²) in [6, 6.07) is 25.7. The Hall–Kier alpha value is -4.59. The second-order valence-electron chi connectivity index (χ2n) is 10.4. The van der Waals surface area contributed by atoms with Crippen molar-refractivity contribution in [2.75, 3.05) is 25.1 Å². The van der Waals surface area contributed by atoms with E-state index in [-0.39, 0.29) is 23.8 Å². The fourth-order valence-corrected chi connectivity index (χ4v) is 5.48. The molecule has 0 bridgehead atoms. The number of hydrogen-bond donors (Lipinski definition) is 2. The normalized spacial score (nSPS) is 15.5. The number of benzene rings is 3. The Labute approximate surface area is 240 Å². The Balaban J connectivity index is 1.36. The van der Waals surface area contributed by atoms with Crippen LogP contribution in [0.2, 0.25) is 0 Å². The quantitative estimate of drug-likeness (QED) is 0.291. The smallest absolute Gasteiger partial charge is 0.268 e. The number of likely N-dealkylation sites (tertiary alicyclic amines) is 1. The number of fused-ring (bicyclic) bond motifs is 1. The molecule has 1 saturated heterocycles. The molecule has 8 heteroatoms. The fraction of sp³-hybridized carbons (Fsp3) is 0.303. The van der Waals surface area contributed by atoms with E-state index in [1.165, 1.54) is 0 Å². The molecule has 1 aromatic heterocycles. The van der Waals surface area contributed by atoms with E-state index < -0.39 is 6.04 Å². The highest BCUT2D eigenvalue weighted by Gasteiger charge is 2.36. The second kappa shape index (κ2) is 12.7. The average molecular weight is 553 g/mol. The van der Waals surface area contributed by atoms with Gasteiger partial charge in [-0.1, -0.05) is 55.5 Å². The predicted octanol–water partition coefficient (Wildman–Crippen LogP) is 4.95. The van der Waals surface area contributed by atoms with Gasteiger partial charge in [-0.2, -0.15) is 0 Å². The summed E-state index contributed by atoms with van der Waals surface area (Å²) in [5, 5.41) is 3.92. The molecule has 4 aromatic rings. The number of H-pyrrole nitrogens is 1. The number of carbonyl (C=O) groups excluding carboxylic acids is 3. The number of carbonyl (C=O) groups is 3. The molecule has 0 unspecified atom stereocenters. The lowest BCUT2D eigenvalue weighted by Gasteiger charge is -2.30. The molecule has 1 aliphatic rings. The van der Waals surface area contributed by atoms with Gasteiger partial charge in [0.15, 0.2) is 0 Å². The maximum Gasteiger partial charge on any atom is 0.268 e. The standard InChI is InChI=1S/C33H36N4O4/c1-3-9-31(38)37(25-11-5-4-6-12-25)26-18-19-36(22-26)33(40)30(20-23-14-16-27(41-2)17-15-23)35-32(39)29-21-24-10-7-8-13-28(24)34-29/h4-8,10-17,21,26,30,34H,3,9,18-20,22H2,1-2H3,(H,35,39)/t26-,30-/m1/s1. The van der Waals surface area contributed by atoms with E-state index in [1.54, 1.807) is 18.1 Å². The Morgan fingerprint density at radius 3 is 2.46 bits per heavy atom. The molecular formula is C33H36N4O4. The first-order chi connectivity index (χ1) is 20.0. The van der Waals surface area contributed by atoms with Gasteiger partial charge in [-0.25, -0.2) is 0 Å². The average Bonchev–Trinajstić information content (AvgIpc) is 3.66. The number of rotatable bonds is 10. The maximum absolute atomic E-state index is 14.0. The Kier molecular flexibility index (Phi) is 8.67. The number of nitrogens with one attached hydrogen (secondary N) is 2. The van der Waals surface area contributed by atoms with Crippen molar-refractivity contribution in [3.05, 3.63) is 96.2 Å². The van der Waals surface area contributed by atoms with E-state index >= 15 is 0 Å².